The lowest BCUT2D eigenvalue weighted by atomic mass is 9.68. The van der Waals surface area contributed by atoms with Gasteiger partial charge in [-0.25, -0.2) is 14.4 Å². The highest BCUT2D eigenvalue weighted by molar-refractivity contribution is 5.84. The number of ether oxygens (including phenoxy) is 3. The molecule has 8 rings (SSSR count). The summed E-state index contributed by atoms with van der Waals surface area (Å²) in [6, 6.07) is 36.3. The molecular weight excluding hydrogens is 998 g/mol. The number of hydrogen-bond acceptors (Lipinski definition) is 10. The molecule has 16 nitrogen and oxygen atoms in total. The van der Waals surface area contributed by atoms with Crippen molar-refractivity contribution in [2.75, 3.05) is 68.6 Å². The van der Waals surface area contributed by atoms with Crippen molar-refractivity contribution in [1.29, 1.82) is 0 Å². The quantitative estimate of drug-likeness (QED) is 0.115. The summed E-state index contributed by atoms with van der Waals surface area (Å²) >= 11 is 0. The van der Waals surface area contributed by atoms with Crippen molar-refractivity contribution in [3.05, 3.63) is 131 Å². The topological polar surface area (TPSA) is 173 Å². The smallest absolute Gasteiger partial charge is 0.490 e. The number of alkyl halides is 3. The van der Waals surface area contributed by atoms with Gasteiger partial charge >= 0.3 is 36.1 Å². The highest BCUT2D eigenvalue weighted by atomic mass is 19.4. The molecular formula is C58H75F3N6O10. The molecule has 2 saturated carbocycles. The number of urea groups is 2. The van der Waals surface area contributed by atoms with Gasteiger partial charge in [-0.15, -0.1) is 0 Å². The maximum Gasteiger partial charge on any atom is 0.490 e. The number of halogens is 3. The van der Waals surface area contributed by atoms with Gasteiger partial charge in [0, 0.05) is 37.3 Å². The number of carboxylic acids is 2. The van der Waals surface area contributed by atoms with E-state index in [0.29, 0.717) is 26.2 Å². The van der Waals surface area contributed by atoms with E-state index in [2.05, 4.69) is 86.5 Å². The van der Waals surface area contributed by atoms with Gasteiger partial charge in [0.1, 0.15) is 30.2 Å². The molecule has 418 valence electrons. The van der Waals surface area contributed by atoms with Crippen molar-refractivity contribution in [2.24, 2.45) is 0 Å². The molecule has 0 radical (unpaired) electrons. The number of carboxylic acid groups (broad SMARTS) is 2. The molecule has 4 aromatic rings. The fourth-order valence-electron chi connectivity index (χ4n) is 11.6. The Bertz CT molecular complexity index is 2630. The van der Waals surface area contributed by atoms with E-state index in [9.17, 15) is 37.5 Å². The van der Waals surface area contributed by atoms with Gasteiger partial charge in [0.25, 0.3) is 0 Å². The molecule has 4 fully saturated rings. The molecule has 0 bridgehead atoms. The third kappa shape index (κ3) is 13.8. The minimum absolute atomic E-state index is 0.0322. The van der Waals surface area contributed by atoms with Gasteiger partial charge in [-0.1, -0.05) is 84.9 Å². The molecule has 2 saturated heterocycles. The molecule has 0 unspecified atom stereocenters. The van der Waals surface area contributed by atoms with Gasteiger partial charge in [0.2, 0.25) is 0 Å². The largest absolute Gasteiger partial charge is 0.497 e. The van der Waals surface area contributed by atoms with Crippen LogP contribution in [0.15, 0.2) is 109 Å². The van der Waals surface area contributed by atoms with Crippen LogP contribution in [0.4, 0.5) is 22.8 Å². The zero-order valence-electron chi connectivity index (χ0n) is 45.8. The monoisotopic (exact) mass is 1070 g/mol. The fraction of sp³-hybridized carbons (Fsp3) is 0.500. The zero-order valence-corrected chi connectivity index (χ0v) is 45.8. The average molecular weight is 1070 g/mol. The van der Waals surface area contributed by atoms with Crippen LogP contribution in [-0.4, -0.2) is 161 Å². The normalized spacial score (nSPS) is 23.4. The molecule has 4 aromatic carbocycles. The van der Waals surface area contributed by atoms with Gasteiger partial charge in [-0.2, -0.15) is 13.2 Å². The van der Waals surface area contributed by atoms with Crippen molar-refractivity contribution in [2.45, 2.75) is 119 Å². The van der Waals surface area contributed by atoms with Crippen molar-refractivity contribution in [3.8, 4) is 11.5 Å². The second kappa shape index (κ2) is 24.2. The summed E-state index contributed by atoms with van der Waals surface area (Å²) < 4.78 is 47.9. The summed E-state index contributed by atoms with van der Waals surface area (Å²) in [7, 11) is 11.8. The van der Waals surface area contributed by atoms with Crippen LogP contribution >= 0.6 is 0 Å². The first-order chi connectivity index (χ1) is 36.2. The molecule has 4 amide bonds. The first-order valence-electron chi connectivity index (χ1n) is 25.8. The van der Waals surface area contributed by atoms with Crippen LogP contribution in [0.2, 0.25) is 0 Å². The van der Waals surface area contributed by atoms with Gasteiger partial charge in [-0.05, 0) is 147 Å². The van der Waals surface area contributed by atoms with Gasteiger partial charge in [-0.3, -0.25) is 19.4 Å². The van der Waals surface area contributed by atoms with Gasteiger partial charge in [0.05, 0.1) is 25.3 Å². The van der Waals surface area contributed by atoms with Gasteiger partial charge < -0.3 is 44.0 Å². The highest BCUT2D eigenvalue weighted by Crippen LogP contribution is 2.51. The van der Waals surface area contributed by atoms with E-state index in [4.69, 9.17) is 24.1 Å². The van der Waals surface area contributed by atoms with E-state index in [-0.39, 0.29) is 42.2 Å². The maximum atomic E-state index is 13.8. The molecule has 77 heavy (non-hydrogen) atoms. The van der Waals surface area contributed by atoms with Crippen molar-refractivity contribution >= 4 is 30.0 Å². The Balaban J connectivity index is 0.000000223. The second-order valence-corrected chi connectivity index (χ2v) is 22.0. The lowest BCUT2D eigenvalue weighted by Crippen LogP contribution is -2.56. The highest BCUT2D eigenvalue weighted by Gasteiger charge is 2.56. The Morgan fingerprint density at radius 1 is 0.558 bits per heavy atom. The summed E-state index contributed by atoms with van der Waals surface area (Å²) in [5.41, 5.74) is 2.91. The van der Waals surface area contributed by atoms with Crippen LogP contribution in [0, 0.1) is 0 Å². The molecule has 4 aliphatic rings. The molecule has 2 heterocycles. The first kappa shape index (κ1) is 59.4. The third-order valence-electron chi connectivity index (χ3n) is 15.8. The molecule has 0 aromatic heterocycles. The number of benzene rings is 4. The van der Waals surface area contributed by atoms with Crippen LogP contribution in [0.5, 0.6) is 11.5 Å². The fourth-order valence-corrected chi connectivity index (χ4v) is 11.6. The minimum atomic E-state index is -5.08. The molecule has 0 atom stereocenters. The molecule has 2 aliphatic heterocycles. The van der Waals surface area contributed by atoms with E-state index >= 15 is 0 Å². The van der Waals surface area contributed by atoms with Crippen molar-refractivity contribution in [3.63, 3.8) is 0 Å². The number of methoxy groups -OCH3 is 2. The van der Waals surface area contributed by atoms with Crippen LogP contribution in [0.1, 0.15) is 94.4 Å². The number of aliphatic carboxylic acids is 2. The summed E-state index contributed by atoms with van der Waals surface area (Å²) in [5.74, 6) is -2.54. The Kier molecular flexibility index (Phi) is 18.7. The molecule has 2 N–H and O–H groups in total. The van der Waals surface area contributed by atoms with E-state index < -0.39 is 34.8 Å². The summed E-state index contributed by atoms with van der Waals surface area (Å²) in [6.07, 6.45) is 1.60. The van der Waals surface area contributed by atoms with E-state index in [1.165, 1.54) is 11.1 Å². The lowest BCUT2D eigenvalue weighted by Gasteiger charge is -2.50. The van der Waals surface area contributed by atoms with E-state index in [1.807, 2.05) is 86.3 Å². The van der Waals surface area contributed by atoms with Crippen molar-refractivity contribution < 1.29 is 61.6 Å². The molecule has 2 aliphatic carbocycles. The summed E-state index contributed by atoms with van der Waals surface area (Å²) in [4.78, 5) is 72.3. The molecule has 2 spiro atoms. The third-order valence-corrected chi connectivity index (χ3v) is 15.8. The van der Waals surface area contributed by atoms with Crippen LogP contribution < -0.4 is 9.47 Å². The number of carbonyl (C=O) groups is 5. The Hall–Kier alpha value is -6.86. The number of esters is 1. The maximum absolute atomic E-state index is 13.8. The zero-order chi connectivity index (χ0) is 56.6. The van der Waals surface area contributed by atoms with E-state index in [0.717, 1.165) is 74.0 Å². The standard InChI is InChI=1S/C30H41N3O4.C26H33N3O4.C2HF3O2/c1-28(2,3)37-26(34)21-33-27(35)32(20-23-12-14-25(36-6)15-13-23)22-29(33)16-18-30(19-17-29,31(4)5)24-10-8-7-9-11-24;1-27(2)26(21-7-5-4-6-8-21)15-13-25(14-16-26)19-28(24(32)29(25)18-23(30)31)17-20-9-11-22(33-3)12-10-20;3-2(4,5)1(6)7/h7-15H,16-22H2,1-6H3;4-12H,13-19H2,1-3H3,(H,30,31);(H,6,7). The Labute approximate surface area is 450 Å². The lowest BCUT2D eigenvalue weighted by molar-refractivity contribution is -0.192. The van der Waals surface area contributed by atoms with Crippen LogP contribution in [0.25, 0.3) is 0 Å². The average Bonchev–Trinajstić information content (AvgIpc) is 3.91. The second-order valence-electron chi connectivity index (χ2n) is 22.0. The number of nitrogens with zero attached hydrogens (tertiary/aromatic N) is 6. The summed E-state index contributed by atoms with van der Waals surface area (Å²) in [6.45, 7) is 7.36. The minimum Gasteiger partial charge on any atom is -0.497 e. The number of rotatable bonds is 14. The first-order valence-corrected chi connectivity index (χ1v) is 25.8. The Morgan fingerprint density at radius 2 is 0.896 bits per heavy atom. The van der Waals surface area contributed by atoms with E-state index in [1.54, 1.807) is 28.9 Å². The SMILES string of the molecule is COc1ccc(CN2CC3(CCC(c4ccccc4)(N(C)C)CC3)N(CC(=O)O)C2=O)cc1.COc1ccc(CN2CC3(CCC(c4ccccc4)(N(C)C)CC3)N(CC(=O)OC(C)(C)C)C2=O)cc1.O=C(O)C(F)(F)F. The number of amides is 4. The number of hydrogen-bond donors (Lipinski definition) is 2. The van der Waals surface area contributed by atoms with Gasteiger partial charge in [0.15, 0.2) is 0 Å². The van der Waals surface area contributed by atoms with Crippen LogP contribution in [-0.2, 0) is 43.3 Å². The molecule has 19 heteroatoms. The van der Waals surface area contributed by atoms with Crippen LogP contribution in [0.3, 0.4) is 0 Å². The Morgan fingerprint density at radius 3 is 1.18 bits per heavy atom. The van der Waals surface area contributed by atoms with Crippen molar-refractivity contribution in [1.82, 2.24) is 29.4 Å². The number of carbonyl (C=O) groups excluding carboxylic acids is 3. The predicted molar refractivity (Wildman–Crippen MR) is 284 cm³/mol. The predicted octanol–water partition coefficient (Wildman–Crippen LogP) is 9.47. The summed E-state index contributed by atoms with van der Waals surface area (Å²) in [5, 5.41) is 16.7.